The molecule has 1 unspecified atom stereocenters. The monoisotopic (exact) mass is 237 g/mol. The fourth-order valence-corrected chi connectivity index (χ4v) is 3.33. The third-order valence-corrected chi connectivity index (χ3v) is 4.21. The zero-order chi connectivity index (χ0) is 12.1. The van der Waals surface area contributed by atoms with Crippen LogP contribution in [0.2, 0.25) is 0 Å². The minimum absolute atomic E-state index is 0.141. The molecule has 0 aliphatic rings. The zero-order valence-electron chi connectivity index (χ0n) is 10.4. The lowest BCUT2D eigenvalue weighted by molar-refractivity contribution is 0.136. The van der Waals surface area contributed by atoms with Crippen molar-refractivity contribution < 1.29 is 13.6 Å². The van der Waals surface area contributed by atoms with E-state index in [-0.39, 0.29) is 12.2 Å². The maximum atomic E-state index is 12.4. The van der Waals surface area contributed by atoms with E-state index in [9.17, 15) is 4.57 Å². The molecule has 0 saturated heterocycles. The summed E-state index contributed by atoms with van der Waals surface area (Å²) in [7, 11) is -3.16. The van der Waals surface area contributed by atoms with Crippen molar-refractivity contribution in [2.24, 2.45) is 5.73 Å². The van der Waals surface area contributed by atoms with Crippen LogP contribution in [0.15, 0.2) is 0 Å². The Bertz CT molecular complexity index is 205. The Morgan fingerprint density at radius 3 is 1.80 bits per heavy atom. The largest absolute Gasteiger partial charge is 0.347 e. The minimum Gasteiger partial charge on any atom is -0.318 e. The topological polar surface area (TPSA) is 61.6 Å². The Morgan fingerprint density at radius 2 is 1.53 bits per heavy atom. The molecule has 0 aliphatic carbocycles. The molecule has 0 aromatic rings. The number of rotatable bonds is 7. The van der Waals surface area contributed by atoms with Crippen molar-refractivity contribution in [2.75, 3.05) is 0 Å². The van der Waals surface area contributed by atoms with Gasteiger partial charge in [0, 0.05) is 0 Å². The van der Waals surface area contributed by atoms with Crippen LogP contribution in [0, 0.1) is 0 Å². The van der Waals surface area contributed by atoms with Crippen molar-refractivity contribution in [3.63, 3.8) is 0 Å². The molecule has 0 fully saturated rings. The van der Waals surface area contributed by atoms with Gasteiger partial charge in [-0.05, 0) is 34.1 Å². The van der Waals surface area contributed by atoms with E-state index in [2.05, 4.69) is 0 Å². The van der Waals surface area contributed by atoms with Crippen LogP contribution in [-0.4, -0.2) is 18.0 Å². The van der Waals surface area contributed by atoms with Gasteiger partial charge in [-0.3, -0.25) is 4.57 Å². The Kier molecular flexibility index (Phi) is 6.69. The lowest BCUT2D eigenvalue weighted by Gasteiger charge is -2.27. The first-order valence-corrected chi connectivity index (χ1v) is 7.15. The Morgan fingerprint density at radius 1 is 1.13 bits per heavy atom. The van der Waals surface area contributed by atoms with E-state index in [0.717, 1.165) is 6.42 Å². The van der Waals surface area contributed by atoms with Gasteiger partial charge in [-0.25, -0.2) is 0 Å². The normalized spacial score (nSPS) is 14.9. The molecule has 0 radical (unpaired) electrons. The number of hydrogen-bond donors (Lipinski definition) is 1. The van der Waals surface area contributed by atoms with Gasteiger partial charge in [0.1, 0.15) is 5.78 Å². The van der Waals surface area contributed by atoms with Crippen LogP contribution in [0.1, 0.15) is 47.5 Å². The SMILES string of the molecule is CCCC(N)P(=O)(OC(C)C)OC(C)C. The summed E-state index contributed by atoms with van der Waals surface area (Å²) in [5.74, 6) is -0.521. The molecule has 0 aromatic heterocycles. The lowest BCUT2D eigenvalue weighted by Crippen LogP contribution is -2.25. The first-order chi connectivity index (χ1) is 6.81. The van der Waals surface area contributed by atoms with Gasteiger partial charge in [-0.2, -0.15) is 0 Å². The van der Waals surface area contributed by atoms with Crippen LogP contribution in [0.5, 0.6) is 0 Å². The summed E-state index contributed by atoms with van der Waals surface area (Å²) in [4.78, 5) is 0. The second-order valence-electron chi connectivity index (χ2n) is 4.20. The first kappa shape index (κ1) is 15.1. The molecule has 2 N–H and O–H groups in total. The average Bonchev–Trinajstić information content (AvgIpc) is 2.01. The highest BCUT2D eigenvalue weighted by molar-refractivity contribution is 7.54. The van der Waals surface area contributed by atoms with E-state index >= 15 is 0 Å². The summed E-state index contributed by atoms with van der Waals surface area (Å²) < 4.78 is 23.1. The van der Waals surface area contributed by atoms with Crippen LogP contribution in [0.4, 0.5) is 0 Å². The molecule has 4 nitrogen and oxygen atoms in total. The molecule has 0 aromatic carbocycles. The molecule has 5 heteroatoms. The fourth-order valence-electron chi connectivity index (χ4n) is 1.22. The van der Waals surface area contributed by atoms with Gasteiger partial charge in [0.05, 0.1) is 12.2 Å². The summed E-state index contributed by atoms with van der Waals surface area (Å²) in [6.45, 7) is 9.31. The van der Waals surface area contributed by atoms with Crippen LogP contribution in [0.3, 0.4) is 0 Å². The lowest BCUT2D eigenvalue weighted by atomic mass is 10.3. The zero-order valence-corrected chi connectivity index (χ0v) is 11.3. The number of nitrogens with two attached hydrogens (primary N) is 1. The molecule has 15 heavy (non-hydrogen) atoms. The van der Waals surface area contributed by atoms with E-state index in [1.807, 2.05) is 34.6 Å². The molecular weight excluding hydrogens is 213 g/mol. The Hall–Kier alpha value is 0.110. The van der Waals surface area contributed by atoms with Crippen molar-refractivity contribution in [1.82, 2.24) is 0 Å². The van der Waals surface area contributed by atoms with Crippen LogP contribution < -0.4 is 5.73 Å². The molecular formula is C10H24NO3P. The van der Waals surface area contributed by atoms with Gasteiger partial charge in [-0.15, -0.1) is 0 Å². The predicted octanol–water partition coefficient (Wildman–Crippen LogP) is 3.11. The van der Waals surface area contributed by atoms with Gasteiger partial charge in [0.25, 0.3) is 0 Å². The predicted molar refractivity (Wildman–Crippen MR) is 62.9 cm³/mol. The van der Waals surface area contributed by atoms with E-state index in [1.54, 1.807) is 0 Å². The molecule has 0 bridgehead atoms. The maximum absolute atomic E-state index is 12.4. The summed E-state index contributed by atoms with van der Waals surface area (Å²) >= 11 is 0. The second-order valence-corrected chi connectivity index (χ2v) is 6.37. The maximum Gasteiger partial charge on any atom is 0.347 e. The number of hydrogen-bond acceptors (Lipinski definition) is 4. The molecule has 0 heterocycles. The highest BCUT2D eigenvalue weighted by Crippen LogP contribution is 2.54. The summed E-state index contributed by atoms with van der Waals surface area (Å²) in [6.07, 6.45) is 1.24. The summed E-state index contributed by atoms with van der Waals surface area (Å²) in [5.41, 5.74) is 5.85. The van der Waals surface area contributed by atoms with E-state index in [4.69, 9.17) is 14.8 Å². The van der Waals surface area contributed by atoms with Gasteiger partial charge in [-0.1, -0.05) is 13.3 Å². The molecule has 0 rings (SSSR count). The molecule has 92 valence electrons. The van der Waals surface area contributed by atoms with Crippen molar-refractivity contribution in [3.8, 4) is 0 Å². The highest BCUT2D eigenvalue weighted by atomic mass is 31.2. The molecule has 0 amide bonds. The Balaban J connectivity index is 4.60. The first-order valence-electron chi connectivity index (χ1n) is 5.54. The van der Waals surface area contributed by atoms with Gasteiger partial charge in [0.15, 0.2) is 0 Å². The molecule has 0 saturated carbocycles. The standard InChI is InChI=1S/C10H24NO3P/c1-6-7-10(11)15(12,13-8(2)3)14-9(4)5/h8-10H,6-7,11H2,1-5H3. The average molecular weight is 237 g/mol. The Labute approximate surface area is 93.1 Å². The van der Waals surface area contributed by atoms with Crippen molar-refractivity contribution in [2.45, 2.75) is 65.5 Å². The minimum atomic E-state index is -3.16. The smallest absolute Gasteiger partial charge is 0.318 e. The van der Waals surface area contributed by atoms with E-state index in [0.29, 0.717) is 6.42 Å². The van der Waals surface area contributed by atoms with Crippen molar-refractivity contribution >= 4 is 7.60 Å². The van der Waals surface area contributed by atoms with Crippen molar-refractivity contribution in [1.29, 1.82) is 0 Å². The second kappa shape index (κ2) is 6.64. The quantitative estimate of drug-likeness (QED) is 0.691. The van der Waals surface area contributed by atoms with E-state index in [1.165, 1.54) is 0 Å². The van der Waals surface area contributed by atoms with Crippen LogP contribution >= 0.6 is 7.60 Å². The fraction of sp³-hybridized carbons (Fsp3) is 1.00. The van der Waals surface area contributed by atoms with Crippen LogP contribution in [0.25, 0.3) is 0 Å². The van der Waals surface area contributed by atoms with Gasteiger partial charge >= 0.3 is 7.60 Å². The third kappa shape index (κ3) is 5.67. The van der Waals surface area contributed by atoms with Gasteiger partial charge < -0.3 is 14.8 Å². The van der Waals surface area contributed by atoms with Crippen LogP contribution in [-0.2, 0) is 13.6 Å². The summed E-state index contributed by atoms with van der Waals surface area (Å²) in [5, 5.41) is 0. The molecule has 0 aliphatic heterocycles. The highest BCUT2D eigenvalue weighted by Gasteiger charge is 2.34. The molecule has 1 atom stereocenters. The summed E-state index contributed by atoms with van der Waals surface area (Å²) in [6, 6.07) is 0. The van der Waals surface area contributed by atoms with E-state index < -0.39 is 13.4 Å². The molecule has 0 spiro atoms. The van der Waals surface area contributed by atoms with Gasteiger partial charge in [0.2, 0.25) is 0 Å². The van der Waals surface area contributed by atoms with Crippen molar-refractivity contribution in [3.05, 3.63) is 0 Å². The third-order valence-electron chi connectivity index (χ3n) is 1.71.